The Morgan fingerprint density at radius 2 is 0.580 bits per heavy atom. The average Bonchev–Trinajstić information content (AvgIpc) is 3.96. The Morgan fingerprint density at radius 1 is 0.340 bits per heavy atom. The Bertz CT molecular complexity index is 1990. The van der Waals surface area contributed by atoms with E-state index in [1.165, 1.54) is 225 Å². The predicted octanol–water partition coefficient (Wildman–Crippen LogP) is 7.25. The third kappa shape index (κ3) is 1.52. The number of fused-ring (bicyclic) bond motifs is 58. The lowest BCUT2D eigenvalue weighted by atomic mass is 9.03. The molecule has 0 N–H and O–H groups in total. The number of hydrogen-bond acceptors (Lipinski definition) is 2. The summed E-state index contributed by atoms with van der Waals surface area (Å²) in [6, 6.07) is 0. The van der Waals surface area contributed by atoms with Crippen molar-refractivity contribution >= 4 is 0 Å². The molecule has 2 nitrogen and oxygen atoms in total. The van der Waals surface area contributed by atoms with Crippen LogP contribution in [-0.2, 0) is 0 Å². The molecular weight excluding hydrogens is 607 g/mol. The van der Waals surface area contributed by atoms with Crippen molar-refractivity contribution in [3.05, 3.63) is 4.91 Å². The predicted molar refractivity (Wildman–Crippen MR) is 179 cm³/mol. The second-order valence-electron chi connectivity index (χ2n) is 26.8. The van der Waals surface area contributed by atoms with Crippen molar-refractivity contribution in [1.29, 1.82) is 0 Å². The van der Waals surface area contributed by atoms with E-state index in [0.717, 1.165) is 36.5 Å². The van der Waals surface area contributed by atoms with E-state index in [1.807, 2.05) is 0 Å². The summed E-state index contributed by atoms with van der Waals surface area (Å²) < 4.78 is 0. The fourth-order valence-electron chi connectivity index (χ4n) is 29.9. The van der Waals surface area contributed by atoms with Crippen molar-refractivity contribution in [3.63, 3.8) is 0 Å². The summed E-state index contributed by atoms with van der Waals surface area (Å²) >= 11 is 0. The van der Waals surface area contributed by atoms with Crippen LogP contribution in [0.5, 0.6) is 0 Å². The Hall–Kier alpha value is -0.400. The van der Waals surface area contributed by atoms with E-state index in [1.54, 1.807) is 6.42 Å². The molecule has 43 unspecified atom stereocenters. The van der Waals surface area contributed by atoms with Gasteiger partial charge in [-0.1, -0.05) is 12.1 Å². The molecule has 0 bridgehead atoms. The van der Waals surface area contributed by atoms with Crippen molar-refractivity contribution in [2.75, 3.05) is 0 Å². The Balaban J connectivity index is 0.522. The summed E-state index contributed by atoms with van der Waals surface area (Å²) in [5.41, 5.74) is -0.116. The van der Waals surface area contributed by atoms with Gasteiger partial charge in [0.2, 0.25) is 0 Å². The zero-order chi connectivity index (χ0) is 30.3. The molecule has 0 saturated heterocycles. The molecular formula is C48H53NO. The molecule has 0 heterocycles. The van der Waals surface area contributed by atoms with Gasteiger partial charge < -0.3 is 0 Å². The fraction of sp³-hybridized carbons (Fsp3) is 1.00. The van der Waals surface area contributed by atoms with Gasteiger partial charge in [0.05, 0.1) is 0 Å². The molecule has 22 aliphatic carbocycles. The maximum atomic E-state index is 11.7. The average molecular weight is 660 g/mol. The summed E-state index contributed by atoms with van der Waals surface area (Å²) in [4.78, 5) is 11.7. The smallest absolute Gasteiger partial charge is 0.106 e. The van der Waals surface area contributed by atoms with Crippen LogP contribution in [0.4, 0.5) is 0 Å². The SMILES string of the molecule is CCC1(N=O)CC1C1CC2C1C1C2C2C1C1C2C2C1C1C2C2C1C1C2C2C1C1C3C4C5C6C7C8C9C%10C%11C%12CC%12C%11C%10C9C8C7C6C5C4C3C21. The van der Waals surface area contributed by atoms with Gasteiger partial charge in [0.15, 0.2) is 0 Å². The molecule has 50 heavy (non-hydrogen) atoms. The van der Waals surface area contributed by atoms with Gasteiger partial charge in [0.1, 0.15) is 5.54 Å². The normalized spacial score (nSPS) is 96.5. The Morgan fingerprint density at radius 3 is 0.840 bits per heavy atom. The van der Waals surface area contributed by atoms with Crippen LogP contribution in [0.1, 0.15) is 32.6 Å². The molecule has 22 aliphatic rings. The molecule has 0 radical (unpaired) electrons. The first-order chi connectivity index (χ1) is 24.8. The van der Waals surface area contributed by atoms with Crippen LogP contribution >= 0.6 is 0 Å². The Labute approximate surface area is 295 Å². The van der Waals surface area contributed by atoms with Gasteiger partial charge >= 0.3 is 0 Å². The highest BCUT2D eigenvalue weighted by molar-refractivity contribution is 5.45. The molecule has 0 aromatic carbocycles. The largest absolute Gasteiger partial charge is 0.150 e. The van der Waals surface area contributed by atoms with E-state index in [-0.39, 0.29) is 5.54 Å². The second-order valence-corrected chi connectivity index (χ2v) is 26.8. The standard InChI is InChI=1S/C48H53NO/c1-2-48(49-50)5-10(48)8-4-9-11(8)15-14(9)18-19(15)23-22(18)26-27(23)31-30(26)34-35(31)39-38(34)42-43(39)47-45-41-37-33-29-25-21-17-13-7-3-6(7)12(13)16(17)20(21)24(25)28(29)32(33)36(37)40(41)44(45)46(42)47/h6-47H,2-5H2,1H3. The lowest BCUT2D eigenvalue weighted by molar-refractivity contribution is -0.545. The molecule has 43 atom stereocenters. The summed E-state index contributed by atoms with van der Waals surface area (Å²) in [6.07, 6.45) is 5.36. The maximum absolute atomic E-state index is 11.7. The highest BCUT2D eigenvalue weighted by Crippen LogP contribution is 3.02. The molecule has 0 spiro atoms. The fourth-order valence-corrected chi connectivity index (χ4v) is 29.9. The van der Waals surface area contributed by atoms with Gasteiger partial charge in [-0.25, -0.2) is 0 Å². The zero-order valence-corrected chi connectivity index (χ0v) is 29.4. The first kappa shape index (κ1) is 23.5. The lowest BCUT2D eigenvalue weighted by Crippen LogP contribution is -2.98. The van der Waals surface area contributed by atoms with Crippen molar-refractivity contribution < 1.29 is 0 Å². The van der Waals surface area contributed by atoms with Gasteiger partial charge in [-0.05, 0) is 274 Å². The van der Waals surface area contributed by atoms with Crippen molar-refractivity contribution in [2.24, 2.45) is 254 Å². The van der Waals surface area contributed by atoms with Crippen molar-refractivity contribution in [3.8, 4) is 0 Å². The van der Waals surface area contributed by atoms with Gasteiger partial charge in [-0.2, -0.15) is 4.91 Å². The monoisotopic (exact) mass is 659 g/mol. The third-order valence-corrected chi connectivity index (χ3v) is 29.9. The van der Waals surface area contributed by atoms with E-state index < -0.39 is 0 Å². The summed E-state index contributed by atoms with van der Waals surface area (Å²) in [7, 11) is 0. The van der Waals surface area contributed by atoms with E-state index in [4.69, 9.17) is 0 Å². The minimum absolute atomic E-state index is 0.116. The van der Waals surface area contributed by atoms with Crippen LogP contribution in [-0.4, -0.2) is 5.54 Å². The van der Waals surface area contributed by atoms with E-state index in [9.17, 15) is 4.91 Å². The van der Waals surface area contributed by atoms with Crippen LogP contribution < -0.4 is 0 Å². The molecule has 2 heteroatoms. The highest BCUT2D eigenvalue weighted by Gasteiger charge is 2.99. The van der Waals surface area contributed by atoms with Gasteiger partial charge in [-0.15, -0.1) is 0 Å². The van der Waals surface area contributed by atoms with Crippen molar-refractivity contribution in [2.45, 2.75) is 38.1 Å². The molecule has 0 amide bonds. The molecule has 22 rings (SSSR count). The molecule has 0 aromatic heterocycles. The summed E-state index contributed by atoms with van der Waals surface area (Å²) in [5, 5.41) is 3.72. The van der Waals surface area contributed by atoms with Gasteiger partial charge in [-0.3, -0.25) is 0 Å². The molecule has 0 aliphatic heterocycles. The highest BCUT2D eigenvalue weighted by atomic mass is 16.3. The van der Waals surface area contributed by atoms with E-state index >= 15 is 0 Å². The quantitative estimate of drug-likeness (QED) is 0.232. The number of nitroso groups, excluding NO2 is 1. The minimum Gasteiger partial charge on any atom is -0.150 e. The molecule has 256 valence electrons. The first-order valence-electron chi connectivity index (χ1n) is 24.2. The lowest BCUT2D eigenvalue weighted by Gasteiger charge is -3.01. The van der Waals surface area contributed by atoms with Crippen LogP contribution in [0, 0.1) is 253 Å². The summed E-state index contributed by atoms with van der Waals surface area (Å²) in [6.45, 7) is 2.23. The van der Waals surface area contributed by atoms with E-state index in [2.05, 4.69) is 12.1 Å². The van der Waals surface area contributed by atoms with Gasteiger partial charge in [0, 0.05) is 0 Å². The number of rotatable bonds is 3. The second kappa shape index (κ2) is 5.90. The van der Waals surface area contributed by atoms with Crippen molar-refractivity contribution in [1.82, 2.24) is 0 Å². The van der Waals surface area contributed by atoms with Crippen LogP contribution in [0.25, 0.3) is 0 Å². The van der Waals surface area contributed by atoms with Crippen LogP contribution in [0.3, 0.4) is 0 Å². The van der Waals surface area contributed by atoms with Crippen LogP contribution in [0.2, 0.25) is 0 Å². The van der Waals surface area contributed by atoms with Gasteiger partial charge in [0.25, 0.3) is 0 Å². The first-order valence-corrected chi connectivity index (χ1v) is 24.2. The Kier molecular flexibility index (Phi) is 2.77. The zero-order valence-electron chi connectivity index (χ0n) is 29.4. The van der Waals surface area contributed by atoms with E-state index in [0.29, 0.717) is 5.92 Å². The minimum atomic E-state index is -0.116. The summed E-state index contributed by atoms with van der Waals surface area (Å²) in [5.74, 6) is 52.3. The molecule has 22 saturated carbocycles. The van der Waals surface area contributed by atoms with Crippen LogP contribution in [0.15, 0.2) is 5.18 Å². The number of nitrogens with zero attached hydrogens (tertiary/aromatic N) is 1. The molecule has 0 aromatic rings. The maximum Gasteiger partial charge on any atom is 0.106 e. The molecule has 22 fully saturated rings. The number of hydrogen-bond donors (Lipinski definition) is 0. The third-order valence-electron chi connectivity index (χ3n) is 29.9. The topological polar surface area (TPSA) is 29.4 Å².